The van der Waals surface area contributed by atoms with Crippen LogP contribution in [0.15, 0.2) is 24.3 Å². The smallest absolute Gasteiger partial charge is 0.251 e. The summed E-state index contributed by atoms with van der Waals surface area (Å²) in [6.07, 6.45) is 0.458. The van der Waals surface area contributed by atoms with Gasteiger partial charge in [-0.05, 0) is 25.6 Å². The predicted molar refractivity (Wildman–Crippen MR) is 79.7 cm³/mol. The van der Waals surface area contributed by atoms with Crippen molar-refractivity contribution >= 4 is 11.8 Å². The largest absolute Gasteiger partial charge is 0.354 e. The van der Waals surface area contributed by atoms with Crippen molar-refractivity contribution in [2.45, 2.75) is 20.3 Å². The van der Waals surface area contributed by atoms with Crippen molar-refractivity contribution in [3.8, 4) is 0 Å². The Morgan fingerprint density at radius 2 is 1.65 bits per heavy atom. The average Bonchev–Trinajstić information content (AvgIpc) is 2.44. The van der Waals surface area contributed by atoms with Crippen molar-refractivity contribution in [2.75, 3.05) is 26.2 Å². The van der Waals surface area contributed by atoms with Gasteiger partial charge in [-0.3, -0.25) is 9.59 Å². The van der Waals surface area contributed by atoms with E-state index in [2.05, 4.69) is 16.0 Å². The number of carbonyl (C=O) groups excluding carboxylic acids is 2. The Hall–Kier alpha value is -1.88. The van der Waals surface area contributed by atoms with E-state index in [9.17, 15) is 9.59 Å². The molecule has 0 aliphatic carbocycles. The SMILES string of the molecule is CCNCCC(=O)NCCNC(=O)c1ccc(C)cc1. The van der Waals surface area contributed by atoms with Crippen molar-refractivity contribution < 1.29 is 9.59 Å². The van der Waals surface area contributed by atoms with Crippen LogP contribution < -0.4 is 16.0 Å². The predicted octanol–water partition coefficient (Wildman–Crippen LogP) is 0.841. The quantitative estimate of drug-likeness (QED) is 0.617. The zero-order valence-corrected chi connectivity index (χ0v) is 12.2. The molecule has 0 bridgehead atoms. The van der Waals surface area contributed by atoms with Gasteiger partial charge < -0.3 is 16.0 Å². The maximum Gasteiger partial charge on any atom is 0.251 e. The molecule has 0 saturated carbocycles. The van der Waals surface area contributed by atoms with E-state index in [0.29, 0.717) is 31.6 Å². The Bertz CT molecular complexity index is 429. The Kier molecular flexibility index (Phi) is 7.35. The van der Waals surface area contributed by atoms with Gasteiger partial charge in [0.15, 0.2) is 0 Å². The minimum absolute atomic E-state index is 0.00413. The van der Waals surface area contributed by atoms with Crippen LogP contribution in [0.25, 0.3) is 0 Å². The molecule has 5 heteroatoms. The third kappa shape index (κ3) is 6.33. The summed E-state index contributed by atoms with van der Waals surface area (Å²) in [5.41, 5.74) is 1.75. The maximum atomic E-state index is 11.8. The molecule has 5 nitrogen and oxygen atoms in total. The molecule has 0 aliphatic heterocycles. The Morgan fingerprint density at radius 3 is 2.30 bits per heavy atom. The number of hydrogen-bond donors (Lipinski definition) is 3. The zero-order valence-electron chi connectivity index (χ0n) is 12.2. The van der Waals surface area contributed by atoms with Crippen LogP contribution in [-0.4, -0.2) is 38.0 Å². The van der Waals surface area contributed by atoms with Gasteiger partial charge in [0.05, 0.1) is 0 Å². The van der Waals surface area contributed by atoms with E-state index in [4.69, 9.17) is 0 Å². The van der Waals surface area contributed by atoms with Crippen molar-refractivity contribution in [2.24, 2.45) is 0 Å². The molecule has 1 aromatic rings. The van der Waals surface area contributed by atoms with Gasteiger partial charge in [-0.2, -0.15) is 0 Å². The van der Waals surface area contributed by atoms with Gasteiger partial charge in [-0.1, -0.05) is 24.6 Å². The highest BCUT2D eigenvalue weighted by atomic mass is 16.2. The van der Waals surface area contributed by atoms with Gasteiger partial charge in [0.2, 0.25) is 5.91 Å². The summed E-state index contributed by atoms with van der Waals surface area (Å²) in [4.78, 5) is 23.2. The van der Waals surface area contributed by atoms with Crippen LogP contribution in [0.3, 0.4) is 0 Å². The first-order valence-corrected chi connectivity index (χ1v) is 6.95. The molecule has 0 aliphatic rings. The summed E-state index contributed by atoms with van der Waals surface area (Å²) in [6, 6.07) is 7.38. The lowest BCUT2D eigenvalue weighted by atomic mass is 10.1. The second-order valence-electron chi connectivity index (χ2n) is 4.58. The maximum absolute atomic E-state index is 11.8. The average molecular weight is 277 g/mol. The molecule has 2 amide bonds. The normalized spacial score (nSPS) is 10.1. The second-order valence-corrected chi connectivity index (χ2v) is 4.58. The van der Waals surface area contributed by atoms with Crippen LogP contribution in [0.5, 0.6) is 0 Å². The number of carbonyl (C=O) groups is 2. The molecule has 0 saturated heterocycles. The fourth-order valence-corrected chi connectivity index (χ4v) is 1.65. The third-order valence-corrected chi connectivity index (χ3v) is 2.83. The lowest BCUT2D eigenvalue weighted by molar-refractivity contribution is -0.120. The second kappa shape index (κ2) is 9.09. The van der Waals surface area contributed by atoms with Gasteiger partial charge in [-0.25, -0.2) is 0 Å². The van der Waals surface area contributed by atoms with E-state index in [1.165, 1.54) is 0 Å². The lowest BCUT2D eigenvalue weighted by Crippen LogP contribution is -2.35. The Labute approximate surface area is 120 Å². The molecule has 110 valence electrons. The lowest BCUT2D eigenvalue weighted by Gasteiger charge is -2.07. The molecule has 3 N–H and O–H groups in total. The summed E-state index contributed by atoms with van der Waals surface area (Å²) in [5.74, 6) is -0.123. The molecular formula is C15H23N3O2. The van der Waals surface area contributed by atoms with Gasteiger partial charge in [0, 0.05) is 31.6 Å². The van der Waals surface area contributed by atoms with Crippen LogP contribution in [0.1, 0.15) is 29.3 Å². The zero-order chi connectivity index (χ0) is 14.8. The molecule has 1 aromatic carbocycles. The number of aryl methyl sites for hydroxylation is 1. The van der Waals surface area contributed by atoms with Crippen LogP contribution in [-0.2, 0) is 4.79 Å². The van der Waals surface area contributed by atoms with E-state index in [1.54, 1.807) is 12.1 Å². The summed E-state index contributed by atoms with van der Waals surface area (Å²) < 4.78 is 0. The summed E-state index contributed by atoms with van der Waals surface area (Å²) in [5, 5.41) is 8.62. The van der Waals surface area contributed by atoms with Gasteiger partial charge in [0.1, 0.15) is 0 Å². The number of rotatable bonds is 8. The van der Waals surface area contributed by atoms with E-state index < -0.39 is 0 Å². The number of nitrogens with one attached hydrogen (secondary N) is 3. The van der Waals surface area contributed by atoms with Gasteiger partial charge in [0.25, 0.3) is 5.91 Å². The van der Waals surface area contributed by atoms with Crippen LogP contribution >= 0.6 is 0 Å². The molecule has 0 aromatic heterocycles. The third-order valence-electron chi connectivity index (χ3n) is 2.83. The number of hydrogen-bond acceptors (Lipinski definition) is 3. The molecule has 0 unspecified atom stereocenters. The monoisotopic (exact) mass is 277 g/mol. The first kappa shape index (κ1) is 16.2. The van der Waals surface area contributed by atoms with Crippen molar-refractivity contribution in [3.05, 3.63) is 35.4 Å². The summed E-state index contributed by atoms with van der Waals surface area (Å²) in [7, 11) is 0. The molecule has 1 rings (SSSR count). The first-order valence-electron chi connectivity index (χ1n) is 6.95. The van der Waals surface area contributed by atoms with Crippen molar-refractivity contribution in [1.82, 2.24) is 16.0 Å². The van der Waals surface area contributed by atoms with Crippen molar-refractivity contribution in [1.29, 1.82) is 0 Å². The first-order chi connectivity index (χ1) is 9.63. The standard InChI is InChI=1S/C15H23N3O2/c1-3-16-9-8-14(19)17-10-11-18-15(20)13-6-4-12(2)5-7-13/h4-7,16H,3,8-11H2,1-2H3,(H,17,19)(H,18,20). The van der Waals surface area contributed by atoms with E-state index in [0.717, 1.165) is 12.1 Å². The van der Waals surface area contributed by atoms with E-state index in [1.807, 2.05) is 26.0 Å². The Morgan fingerprint density at radius 1 is 1.00 bits per heavy atom. The molecule has 0 radical (unpaired) electrons. The number of benzene rings is 1. The van der Waals surface area contributed by atoms with Gasteiger partial charge >= 0.3 is 0 Å². The van der Waals surface area contributed by atoms with Crippen LogP contribution in [0, 0.1) is 6.92 Å². The molecule has 0 heterocycles. The van der Waals surface area contributed by atoms with E-state index >= 15 is 0 Å². The molecule has 20 heavy (non-hydrogen) atoms. The minimum atomic E-state index is -0.119. The highest BCUT2D eigenvalue weighted by Gasteiger charge is 2.04. The van der Waals surface area contributed by atoms with Crippen LogP contribution in [0.2, 0.25) is 0 Å². The Balaban J connectivity index is 2.16. The fourth-order valence-electron chi connectivity index (χ4n) is 1.65. The van der Waals surface area contributed by atoms with Crippen molar-refractivity contribution in [3.63, 3.8) is 0 Å². The van der Waals surface area contributed by atoms with Crippen LogP contribution in [0.4, 0.5) is 0 Å². The fraction of sp³-hybridized carbons (Fsp3) is 0.467. The summed E-state index contributed by atoms with van der Waals surface area (Å²) in [6.45, 7) is 6.39. The molecular weight excluding hydrogens is 254 g/mol. The topological polar surface area (TPSA) is 70.2 Å². The molecule has 0 atom stereocenters. The number of amides is 2. The molecule has 0 spiro atoms. The van der Waals surface area contributed by atoms with E-state index in [-0.39, 0.29) is 11.8 Å². The summed E-state index contributed by atoms with van der Waals surface area (Å²) >= 11 is 0. The minimum Gasteiger partial charge on any atom is -0.354 e. The molecule has 0 fully saturated rings. The van der Waals surface area contributed by atoms with Gasteiger partial charge in [-0.15, -0.1) is 0 Å². The highest BCUT2D eigenvalue weighted by Crippen LogP contribution is 2.02. The highest BCUT2D eigenvalue weighted by molar-refractivity contribution is 5.94.